The zero-order valence-corrected chi connectivity index (χ0v) is 28.8. The molecule has 2 fully saturated rings. The van der Waals surface area contributed by atoms with Crippen LogP contribution in [0.2, 0.25) is 0 Å². The third-order valence-electron chi connectivity index (χ3n) is 9.29. The van der Waals surface area contributed by atoms with Gasteiger partial charge in [-0.3, -0.25) is 14.4 Å². The molecule has 4 unspecified atom stereocenters. The number of benzene rings is 1. The van der Waals surface area contributed by atoms with E-state index < -0.39 is 78.0 Å². The van der Waals surface area contributed by atoms with Crippen molar-refractivity contribution in [3.05, 3.63) is 60.2 Å². The molecule has 2 aliphatic heterocycles. The maximum absolute atomic E-state index is 13.2. The number of ether oxygens (including phenoxy) is 5. The van der Waals surface area contributed by atoms with E-state index in [9.17, 15) is 44.1 Å². The van der Waals surface area contributed by atoms with Crippen molar-refractivity contribution in [3.63, 3.8) is 0 Å². The van der Waals surface area contributed by atoms with Crippen molar-refractivity contribution in [2.24, 2.45) is 23.7 Å². The molecule has 2 bridgehead atoms. The van der Waals surface area contributed by atoms with Crippen LogP contribution in [0.25, 0.3) is 0 Å². The van der Waals surface area contributed by atoms with Gasteiger partial charge in [-0.1, -0.05) is 77.1 Å². The largest absolute Gasteiger partial charge is 0.481 e. The third-order valence-corrected chi connectivity index (χ3v) is 9.29. The first-order valence-corrected chi connectivity index (χ1v) is 16.5. The van der Waals surface area contributed by atoms with Crippen LogP contribution in [0.5, 0.6) is 0 Å². The number of hydrogen-bond acceptors (Lipinski definition) is 11. The van der Waals surface area contributed by atoms with Crippen LogP contribution in [-0.2, 0) is 58.9 Å². The van der Waals surface area contributed by atoms with E-state index in [4.69, 9.17) is 23.7 Å². The van der Waals surface area contributed by atoms with E-state index >= 15 is 0 Å². The van der Waals surface area contributed by atoms with Crippen LogP contribution in [0.15, 0.2) is 54.6 Å². The minimum atomic E-state index is -3.08. The van der Waals surface area contributed by atoms with Gasteiger partial charge < -0.3 is 39.0 Å². The van der Waals surface area contributed by atoms with E-state index in [1.165, 1.54) is 13.0 Å². The summed E-state index contributed by atoms with van der Waals surface area (Å²) in [6, 6.07) is 9.35. The van der Waals surface area contributed by atoms with Gasteiger partial charge in [-0.05, 0) is 42.2 Å². The Morgan fingerprint density at radius 2 is 1.68 bits per heavy atom. The molecule has 0 aliphatic carbocycles. The smallest absolute Gasteiger partial charge is 0.341 e. The zero-order chi connectivity index (χ0) is 37.4. The number of hydrogen-bond donors (Lipinski definition) is 3. The molecule has 2 saturated heterocycles. The summed E-state index contributed by atoms with van der Waals surface area (Å²) < 4.78 is 28.1. The maximum Gasteiger partial charge on any atom is 0.341 e. The number of carbonyl (C=O) groups excluding carboxylic acids is 3. The summed E-state index contributed by atoms with van der Waals surface area (Å²) in [4.78, 5) is 75.3. The number of allylic oxidation sites excluding steroid dienone is 1. The lowest BCUT2D eigenvalue weighted by atomic mass is 9.78. The first kappa shape index (κ1) is 39.9. The van der Waals surface area contributed by atoms with Crippen LogP contribution >= 0.6 is 0 Å². The number of aliphatic carboxylic acids is 3. The van der Waals surface area contributed by atoms with E-state index in [1.54, 1.807) is 0 Å². The normalized spacial score (nSPS) is 28.1. The number of carboxylic acid groups (broad SMARTS) is 3. The van der Waals surface area contributed by atoms with Gasteiger partial charge in [0.1, 0.15) is 12.0 Å². The minimum absolute atomic E-state index is 0.0923. The Morgan fingerprint density at radius 3 is 2.22 bits per heavy atom. The summed E-state index contributed by atoms with van der Waals surface area (Å²) in [7, 11) is 0. The van der Waals surface area contributed by atoms with Gasteiger partial charge in [0.2, 0.25) is 11.4 Å². The second kappa shape index (κ2) is 16.9. The number of fused-ring (bicyclic) bond motifs is 2. The number of carboxylic acids is 3. The molecule has 2 heterocycles. The molecular formula is C36H46O14. The van der Waals surface area contributed by atoms with Crippen LogP contribution in [0.4, 0.5) is 0 Å². The lowest BCUT2D eigenvalue weighted by Crippen LogP contribution is -2.66. The maximum atomic E-state index is 13.2. The highest BCUT2D eigenvalue weighted by Gasteiger charge is 2.80. The lowest BCUT2D eigenvalue weighted by molar-refractivity contribution is -0.341. The summed E-state index contributed by atoms with van der Waals surface area (Å²) in [6.45, 7) is 12.9. The Hall–Kier alpha value is -4.56. The third kappa shape index (κ3) is 8.77. The van der Waals surface area contributed by atoms with Crippen molar-refractivity contribution in [1.82, 2.24) is 0 Å². The average Bonchev–Trinajstić information content (AvgIpc) is 3.25. The first-order valence-electron chi connectivity index (χ1n) is 16.5. The summed E-state index contributed by atoms with van der Waals surface area (Å²) in [5.74, 6) is -12.5. The van der Waals surface area contributed by atoms with Gasteiger partial charge in [-0.15, -0.1) is 0 Å². The molecule has 0 amide bonds. The quantitative estimate of drug-likeness (QED) is 0.0613. The molecule has 0 saturated carbocycles. The van der Waals surface area contributed by atoms with Crippen LogP contribution in [0, 0.1) is 23.7 Å². The monoisotopic (exact) mass is 702 g/mol. The average molecular weight is 703 g/mol. The van der Waals surface area contributed by atoms with Crippen molar-refractivity contribution in [2.75, 3.05) is 0 Å². The lowest BCUT2D eigenvalue weighted by Gasteiger charge is -2.44. The molecule has 0 spiro atoms. The van der Waals surface area contributed by atoms with Gasteiger partial charge in [0.25, 0.3) is 6.47 Å². The number of esters is 2. The molecule has 0 radical (unpaired) electrons. The molecule has 2 aliphatic rings. The van der Waals surface area contributed by atoms with Crippen LogP contribution in [0.3, 0.4) is 0 Å². The number of rotatable bonds is 19. The van der Waals surface area contributed by atoms with Crippen LogP contribution < -0.4 is 0 Å². The molecule has 1 aromatic rings. The molecule has 0 aromatic heterocycles. The zero-order valence-electron chi connectivity index (χ0n) is 28.8. The molecule has 274 valence electrons. The van der Waals surface area contributed by atoms with Crippen LogP contribution in [0.1, 0.15) is 65.9 Å². The Labute approximate surface area is 290 Å². The second-order valence-corrected chi connectivity index (χ2v) is 13.2. The topological polar surface area (TPSA) is 209 Å². The summed E-state index contributed by atoms with van der Waals surface area (Å²) >= 11 is 0. The molecule has 10 atom stereocenters. The Morgan fingerprint density at radius 1 is 1.02 bits per heavy atom. The van der Waals surface area contributed by atoms with Crippen LogP contribution in [-0.4, -0.2) is 87.4 Å². The highest BCUT2D eigenvalue weighted by Crippen LogP contribution is 2.55. The minimum Gasteiger partial charge on any atom is -0.481 e. The van der Waals surface area contributed by atoms with Gasteiger partial charge in [0.05, 0.1) is 0 Å². The van der Waals surface area contributed by atoms with Crippen molar-refractivity contribution in [3.8, 4) is 0 Å². The molecule has 1 aromatic carbocycles. The van der Waals surface area contributed by atoms with Gasteiger partial charge in [-0.2, -0.15) is 0 Å². The molecule has 14 heteroatoms. The standard InChI is InChI=1S/C36H46O14/c1-7-20(2)17-21(3)13-14-26(39)48-31-30(46-19-37)35(49-29(33(42)43)27(32(40)41)36(31,50-35)34(44)45)16-15-22(4)28(47-24(6)38)23(5)18-25-11-9-8-10-12-25/h8-14,19-21,23,27-31H,4,7,15-18H2,1-3,5-6H3,(H,40,41)(H,42,43)(H,44,45)/b14-13+/t20?,21?,23?,27-,28?,29-,30+,31+,35-,36-/m0/s1. The van der Waals surface area contributed by atoms with Gasteiger partial charge in [0.15, 0.2) is 18.3 Å². The van der Waals surface area contributed by atoms with E-state index in [2.05, 4.69) is 6.58 Å². The van der Waals surface area contributed by atoms with Crippen molar-refractivity contribution in [2.45, 2.75) is 103 Å². The van der Waals surface area contributed by atoms with E-state index in [1.807, 2.05) is 58.0 Å². The van der Waals surface area contributed by atoms with Crippen molar-refractivity contribution < 1.29 is 67.8 Å². The predicted molar refractivity (Wildman–Crippen MR) is 174 cm³/mol. The van der Waals surface area contributed by atoms with Gasteiger partial charge >= 0.3 is 29.8 Å². The Kier molecular flexibility index (Phi) is 13.5. The van der Waals surface area contributed by atoms with E-state index in [-0.39, 0.29) is 24.7 Å². The van der Waals surface area contributed by atoms with Gasteiger partial charge in [-0.25, -0.2) is 14.4 Å². The molecule has 3 N–H and O–H groups in total. The number of carbonyl (C=O) groups is 6. The fourth-order valence-corrected chi connectivity index (χ4v) is 6.78. The molecule has 3 rings (SSSR count). The summed E-state index contributed by atoms with van der Waals surface area (Å²) in [5.41, 5.74) is -1.84. The Bertz CT molecular complexity index is 1460. The Balaban J connectivity index is 2.05. The molecule has 50 heavy (non-hydrogen) atoms. The first-order chi connectivity index (χ1) is 23.5. The highest BCUT2D eigenvalue weighted by atomic mass is 16.8. The predicted octanol–water partition coefficient (Wildman–Crippen LogP) is 3.95. The van der Waals surface area contributed by atoms with Crippen molar-refractivity contribution in [1.29, 1.82) is 0 Å². The summed E-state index contributed by atoms with van der Waals surface area (Å²) in [5, 5.41) is 30.8. The fourth-order valence-electron chi connectivity index (χ4n) is 6.78. The van der Waals surface area contributed by atoms with Crippen molar-refractivity contribution >= 4 is 36.3 Å². The second-order valence-electron chi connectivity index (χ2n) is 13.2. The van der Waals surface area contributed by atoms with Gasteiger partial charge in [0, 0.05) is 25.3 Å². The summed E-state index contributed by atoms with van der Waals surface area (Å²) in [6.07, 6.45) is -3.33. The SMILES string of the molecule is C=C(CC[C@]12O[C@H](C(=O)O)[C@@H](C(=O)O)[C@](C(=O)O)(O1)[C@H](OC(=O)/C=C/C(C)CC(C)CC)[C@H]2OC=O)C(OC(C)=O)C(C)Cc1ccccc1. The molecule has 14 nitrogen and oxygen atoms in total. The van der Waals surface area contributed by atoms with E-state index in [0.29, 0.717) is 17.9 Å². The fraction of sp³-hybridized carbons (Fsp3) is 0.556. The van der Waals surface area contributed by atoms with E-state index in [0.717, 1.165) is 24.5 Å². The molecular weight excluding hydrogens is 656 g/mol. The highest BCUT2D eigenvalue weighted by molar-refractivity contribution is 5.93.